The number of hydrogen-bond acceptors (Lipinski definition) is 6. The van der Waals surface area contributed by atoms with Crippen LogP contribution < -0.4 is 10.2 Å². The number of halogens is 1. The molecular weight excluding hydrogens is 370 g/mol. The van der Waals surface area contributed by atoms with E-state index in [9.17, 15) is 4.79 Å². The van der Waals surface area contributed by atoms with E-state index in [0.717, 1.165) is 41.9 Å². The molecule has 1 aromatic carbocycles. The van der Waals surface area contributed by atoms with Crippen LogP contribution in [-0.2, 0) is 0 Å². The second-order valence-corrected chi connectivity index (χ2v) is 8.75. The van der Waals surface area contributed by atoms with Gasteiger partial charge in [-0.3, -0.25) is 4.79 Å². The number of anilines is 1. The molecule has 2 aromatic rings. The van der Waals surface area contributed by atoms with Crippen molar-refractivity contribution in [2.75, 3.05) is 45.2 Å². The monoisotopic (exact) mass is 391 g/mol. The largest absolute Gasteiger partial charge is 0.345 e. The number of piperidine rings is 1. The van der Waals surface area contributed by atoms with Gasteiger partial charge in [-0.15, -0.1) is 10.2 Å². The minimum atomic E-state index is -0.104. The second kappa shape index (κ2) is 6.79. The molecule has 4 rings (SSSR count). The maximum atomic E-state index is 12.1. The SMILES string of the molecule is CN(C)C(=O)c1ccc(-c2nnc(N3CC4(CCNCC4)C3)s2)cc1Cl. The summed E-state index contributed by atoms with van der Waals surface area (Å²) >= 11 is 7.90. The van der Waals surface area contributed by atoms with Crippen molar-refractivity contribution in [1.82, 2.24) is 20.4 Å². The minimum Gasteiger partial charge on any atom is -0.345 e. The number of nitrogens with zero attached hydrogens (tertiary/aromatic N) is 4. The van der Waals surface area contributed by atoms with Crippen LogP contribution >= 0.6 is 22.9 Å². The molecule has 0 atom stereocenters. The molecule has 2 saturated heterocycles. The van der Waals surface area contributed by atoms with Gasteiger partial charge in [0.25, 0.3) is 5.91 Å². The summed E-state index contributed by atoms with van der Waals surface area (Å²) < 4.78 is 0. The summed E-state index contributed by atoms with van der Waals surface area (Å²) in [5.41, 5.74) is 1.86. The standard InChI is InChI=1S/C18H22ClN5OS/c1-23(2)16(25)13-4-3-12(9-14(13)19)15-21-22-17(26-15)24-10-18(11-24)5-7-20-8-6-18/h3-4,9,20H,5-8,10-11H2,1-2H3. The maximum absolute atomic E-state index is 12.1. The fraction of sp³-hybridized carbons (Fsp3) is 0.500. The van der Waals surface area contributed by atoms with Crippen molar-refractivity contribution in [3.8, 4) is 10.6 Å². The highest BCUT2D eigenvalue weighted by Crippen LogP contribution is 2.43. The molecule has 138 valence electrons. The Kier molecular flexibility index (Phi) is 4.62. The Hall–Kier alpha value is -1.70. The van der Waals surface area contributed by atoms with Gasteiger partial charge in [0.2, 0.25) is 5.13 Å². The van der Waals surface area contributed by atoms with Crippen molar-refractivity contribution in [3.63, 3.8) is 0 Å². The quantitative estimate of drug-likeness (QED) is 0.871. The first-order valence-corrected chi connectivity index (χ1v) is 9.98. The van der Waals surface area contributed by atoms with Crippen molar-refractivity contribution >= 4 is 34.0 Å². The van der Waals surface area contributed by atoms with Crippen LogP contribution in [0, 0.1) is 5.41 Å². The van der Waals surface area contributed by atoms with Crippen LogP contribution in [0.1, 0.15) is 23.2 Å². The minimum absolute atomic E-state index is 0.104. The summed E-state index contributed by atoms with van der Waals surface area (Å²) in [6.07, 6.45) is 2.48. The van der Waals surface area contributed by atoms with Gasteiger partial charge in [-0.05, 0) is 38.1 Å². The highest BCUT2D eigenvalue weighted by molar-refractivity contribution is 7.18. The van der Waals surface area contributed by atoms with Crippen LogP contribution in [0.15, 0.2) is 18.2 Å². The van der Waals surface area contributed by atoms with E-state index in [1.807, 2.05) is 6.07 Å². The summed E-state index contributed by atoms with van der Waals surface area (Å²) in [5, 5.41) is 14.4. The van der Waals surface area contributed by atoms with Crippen LogP contribution in [0.4, 0.5) is 5.13 Å². The molecule has 1 aromatic heterocycles. The summed E-state index contributed by atoms with van der Waals surface area (Å²) in [5.74, 6) is -0.104. The number of amides is 1. The molecule has 0 radical (unpaired) electrons. The number of nitrogens with one attached hydrogen (secondary N) is 1. The zero-order chi connectivity index (χ0) is 18.3. The van der Waals surface area contributed by atoms with Gasteiger partial charge in [0.05, 0.1) is 10.6 Å². The Morgan fingerprint density at radius 3 is 2.65 bits per heavy atom. The molecule has 6 nitrogen and oxygen atoms in total. The molecule has 0 aliphatic carbocycles. The summed E-state index contributed by atoms with van der Waals surface area (Å²) in [6.45, 7) is 4.37. The number of benzene rings is 1. The molecule has 1 spiro atoms. The second-order valence-electron chi connectivity index (χ2n) is 7.39. The third kappa shape index (κ3) is 3.19. The molecule has 8 heteroatoms. The molecule has 0 unspecified atom stereocenters. The Labute approximate surface area is 162 Å². The highest BCUT2D eigenvalue weighted by atomic mass is 35.5. The topological polar surface area (TPSA) is 61.4 Å². The van der Waals surface area contributed by atoms with Crippen LogP contribution in [-0.4, -0.2) is 61.3 Å². The smallest absolute Gasteiger partial charge is 0.254 e. The average molecular weight is 392 g/mol. The zero-order valence-electron chi connectivity index (χ0n) is 15.0. The van der Waals surface area contributed by atoms with E-state index >= 15 is 0 Å². The van der Waals surface area contributed by atoms with Gasteiger partial charge in [0, 0.05) is 38.2 Å². The number of aromatic nitrogens is 2. The molecule has 0 bridgehead atoms. The van der Waals surface area contributed by atoms with E-state index in [1.54, 1.807) is 37.6 Å². The molecular formula is C18H22ClN5OS. The van der Waals surface area contributed by atoms with E-state index in [1.165, 1.54) is 17.7 Å². The van der Waals surface area contributed by atoms with Gasteiger partial charge in [0.1, 0.15) is 5.01 Å². The maximum Gasteiger partial charge on any atom is 0.254 e. The fourth-order valence-electron chi connectivity index (χ4n) is 3.69. The van der Waals surface area contributed by atoms with Crippen molar-refractivity contribution < 1.29 is 4.79 Å². The van der Waals surface area contributed by atoms with Gasteiger partial charge in [-0.25, -0.2) is 0 Å². The molecule has 2 fully saturated rings. The summed E-state index contributed by atoms with van der Waals surface area (Å²) in [6, 6.07) is 5.44. The van der Waals surface area contributed by atoms with Gasteiger partial charge in [-0.2, -0.15) is 0 Å². The van der Waals surface area contributed by atoms with Crippen molar-refractivity contribution in [3.05, 3.63) is 28.8 Å². The average Bonchev–Trinajstić information content (AvgIpc) is 3.09. The Morgan fingerprint density at radius 1 is 1.27 bits per heavy atom. The highest BCUT2D eigenvalue weighted by Gasteiger charge is 2.44. The number of carbonyl (C=O) groups excluding carboxylic acids is 1. The first kappa shape index (κ1) is 17.7. The van der Waals surface area contributed by atoms with Crippen molar-refractivity contribution in [2.45, 2.75) is 12.8 Å². The Bertz CT molecular complexity index is 823. The third-order valence-electron chi connectivity index (χ3n) is 5.25. The first-order chi connectivity index (χ1) is 12.5. The lowest BCUT2D eigenvalue weighted by molar-refractivity contribution is 0.0828. The Balaban J connectivity index is 1.48. The van der Waals surface area contributed by atoms with E-state index < -0.39 is 0 Å². The van der Waals surface area contributed by atoms with Crippen LogP contribution in [0.3, 0.4) is 0 Å². The number of hydrogen-bond donors (Lipinski definition) is 1. The van der Waals surface area contributed by atoms with E-state index in [4.69, 9.17) is 11.6 Å². The lowest BCUT2D eigenvalue weighted by Crippen LogP contribution is -2.60. The van der Waals surface area contributed by atoms with Gasteiger partial charge < -0.3 is 15.1 Å². The molecule has 26 heavy (non-hydrogen) atoms. The van der Waals surface area contributed by atoms with E-state index in [-0.39, 0.29) is 5.91 Å². The van der Waals surface area contributed by atoms with Crippen LogP contribution in [0.5, 0.6) is 0 Å². The molecule has 2 aliphatic rings. The fourth-order valence-corrected chi connectivity index (χ4v) is 4.80. The van der Waals surface area contributed by atoms with Gasteiger partial charge in [-0.1, -0.05) is 29.0 Å². The lowest BCUT2D eigenvalue weighted by atomic mass is 9.73. The van der Waals surface area contributed by atoms with Crippen LogP contribution in [0.2, 0.25) is 5.02 Å². The molecule has 1 N–H and O–H groups in total. The van der Waals surface area contributed by atoms with Crippen molar-refractivity contribution in [2.24, 2.45) is 5.41 Å². The molecule has 3 heterocycles. The third-order valence-corrected chi connectivity index (χ3v) is 6.60. The van der Waals surface area contributed by atoms with Crippen molar-refractivity contribution in [1.29, 1.82) is 0 Å². The summed E-state index contributed by atoms with van der Waals surface area (Å²) in [7, 11) is 3.43. The molecule has 2 aliphatic heterocycles. The first-order valence-electron chi connectivity index (χ1n) is 8.78. The normalized spacial score (nSPS) is 18.7. The van der Waals surface area contributed by atoms with Crippen LogP contribution in [0.25, 0.3) is 10.6 Å². The van der Waals surface area contributed by atoms with E-state index in [0.29, 0.717) is 16.0 Å². The molecule has 1 amide bonds. The lowest BCUT2D eigenvalue weighted by Gasteiger charge is -2.52. The zero-order valence-corrected chi connectivity index (χ0v) is 16.5. The predicted molar refractivity (Wildman–Crippen MR) is 105 cm³/mol. The number of carbonyl (C=O) groups is 1. The molecule has 0 saturated carbocycles. The van der Waals surface area contributed by atoms with E-state index in [2.05, 4.69) is 20.4 Å². The van der Waals surface area contributed by atoms with Gasteiger partial charge >= 0.3 is 0 Å². The Morgan fingerprint density at radius 2 is 2.00 bits per heavy atom. The van der Waals surface area contributed by atoms with Gasteiger partial charge in [0.15, 0.2) is 0 Å². The predicted octanol–water partition coefficient (Wildman–Crippen LogP) is 2.75. The summed E-state index contributed by atoms with van der Waals surface area (Å²) in [4.78, 5) is 15.9. The number of rotatable bonds is 3.